The van der Waals surface area contributed by atoms with E-state index in [2.05, 4.69) is 5.32 Å². The van der Waals surface area contributed by atoms with Gasteiger partial charge in [0.15, 0.2) is 0 Å². The predicted octanol–water partition coefficient (Wildman–Crippen LogP) is 2.36. The first-order valence-electron chi connectivity index (χ1n) is 7.22. The van der Waals surface area contributed by atoms with Gasteiger partial charge in [-0.05, 0) is 36.7 Å². The maximum absolute atomic E-state index is 12.2. The van der Waals surface area contributed by atoms with Crippen LogP contribution in [0.15, 0.2) is 30.3 Å². The van der Waals surface area contributed by atoms with Gasteiger partial charge in [0.25, 0.3) is 0 Å². The fraction of sp³-hybridized carbons (Fsp3) is 0.500. The van der Waals surface area contributed by atoms with Gasteiger partial charge in [-0.2, -0.15) is 0 Å². The molecule has 2 fully saturated rings. The Bertz CT molecular complexity index is 510. The second-order valence-electron chi connectivity index (χ2n) is 5.91. The molecule has 3 unspecified atom stereocenters. The summed E-state index contributed by atoms with van der Waals surface area (Å²) in [5, 5.41) is 11.9. The van der Waals surface area contributed by atoms with Gasteiger partial charge in [-0.3, -0.25) is 9.59 Å². The third-order valence-electron chi connectivity index (χ3n) is 4.30. The summed E-state index contributed by atoms with van der Waals surface area (Å²) in [7, 11) is 0. The van der Waals surface area contributed by atoms with Crippen LogP contribution in [0.2, 0.25) is 0 Å². The summed E-state index contributed by atoms with van der Waals surface area (Å²) in [6.07, 6.45) is 3.42. The first kappa shape index (κ1) is 13.2. The summed E-state index contributed by atoms with van der Waals surface area (Å²) in [5.41, 5.74) is 0.854. The van der Waals surface area contributed by atoms with Crippen molar-refractivity contribution in [2.75, 3.05) is 0 Å². The van der Waals surface area contributed by atoms with Gasteiger partial charge in [-0.15, -0.1) is 0 Å². The first-order valence-corrected chi connectivity index (χ1v) is 7.22. The molecule has 20 heavy (non-hydrogen) atoms. The lowest BCUT2D eigenvalue weighted by atomic mass is 10.0. The van der Waals surface area contributed by atoms with Crippen LogP contribution >= 0.6 is 0 Å². The zero-order chi connectivity index (χ0) is 14.1. The van der Waals surface area contributed by atoms with E-state index in [1.165, 1.54) is 12.8 Å². The van der Waals surface area contributed by atoms with Gasteiger partial charge in [0.05, 0.1) is 12.5 Å². The summed E-state index contributed by atoms with van der Waals surface area (Å²) in [6.45, 7) is 0. The third-order valence-corrected chi connectivity index (χ3v) is 4.30. The Labute approximate surface area is 118 Å². The van der Waals surface area contributed by atoms with Crippen molar-refractivity contribution in [1.29, 1.82) is 0 Å². The number of carbonyl (C=O) groups is 2. The number of carboxylic acids is 1. The smallest absolute Gasteiger partial charge is 0.305 e. The van der Waals surface area contributed by atoms with Gasteiger partial charge in [-0.1, -0.05) is 30.3 Å². The monoisotopic (exact) mass is 273 g/mol. The highest BCUT2D eigenvalue weighted by Gasteiger charge is 2.51. The van der Waals surface area contributed by atoms with E-state index in [0.29, 0.717) is 5.92 Å². The number of amides is 1. The molecule has 4 nitrogen and oxygen atoms in total. The van der Waals surface area contributed by atoms with Crippen molar-refractivity contribution in [2.45, 2.75) is 31.7 Å². The average molecular weight is 273 g/mol. The number of hydrogen-bond acceptors (Lipinski definition) is 2. The highest BCUT2D eigenvalue weighted by Crippen LogP contribution is 2.54. The fourth-order valence-corrected chi connectivity index (χ4v) is 2.95. The van der Waals surface area contributed by atoms with Gasteiger partial charge in [0.2, 0.25) is 5.91 Å². The topological polar surface area (TPSA) is 66.4 Å². The first-order chi connectivity index (χ1) is 9.65. The largest absolute Gasteiger partial charge is 0.481 e. The minimum Gasteiger partial charge on any atom is -0.481 e. The molecule has 2 aliphatic carbocycles. The number of nitrogens with one attached hydrogen (secondary N) is 1. The van der Waals surface area contributed by atoms with Crippen molar-refractivity contribution < 1.29 is 14.7 Å². The van der Waals surface area contributed by atoms with Crippen LogP contribution < -0.4 is 5.32 Å². The second-order valence-corrected chi connectivity index (χ2v) is 5.91. The molecule has 0 heterocycles. The quantitative estimate of drug-likeness (QED) is 0.836. The number of rotatable bonds is 6. The van der Waals surface area contributed by atoms with Crippen molar-refractivity contribution in [2.24, 2.45) is 17.8 Å². The van der Waals surface area contributed by atoms with Crippen molar-refractivity contribution in [3.63, 3.8) is 0 Å². The molecule has 0 aliphatic heterocycles. The molecule has 1 amide bonds. The van der Waals surface area contributed by atoms with Gasteiger partial charge in [-0.25, -0.2) is 0 Å². The molecule has 3 atom stereocenters. The Morgan fingerprint density at radius 3 is 2.55 bits per heavy atom. The molecular weight excluding hydrogens is 254 g/mol. The highest BCUT2D eigenvalue weighted by atomic mass is 16.4. The predicted molar refractivity (Wildman–Crippen MR) is 73.9 cm³/mol. The summed E-state index contributed by atoms with van der Waals surface area (Å²) in [6, 6.07) is 8.90. The average Bonchev–Trinajstić information content (AvgIpc) is 3.28. The second kappa shape index (κ2) is 5.27. The van der Waals surface area contributed by atoms with E-state index in [4.69, 9.17) is 5.11 Å². The molecule has 0 bridgehead atoms. The maximum atomic E-state index is 12.2. The van der Waals surface area contributed by atoms with Crippen LogP contribution in [0.25, 0.3) is 0 Å². The van der Waals surface area contributed by atoms with Crippen molar-refractivity contribution in [3.05, 3.63) is 35.9 Å². The van der Waals surface area contributed by atoms with E-state index in [0.717, 1.165) is 17.9 Å². The lowest BCUT2D eigenvalue weighted by Gasteiger charge is -2.17. The number of benzene rings is 1. The molecule has 106 valence electrons. The summed E-state index contributed by atoms with van der Waals surface area (Å²) < 4.78 is 0. The number of carboxylic acid groups (broad SMARTS) is 1. The van der Waals surface area contributed by atoms with Gasteiger partial charge < -0.3 is 10.4 Å². The SMILES string of the molecule is O=C(O)CC(NC(=O)C1CC1C1CC1)c1ccccc1. The molecule has 0 saturated heterocycles. The van der Waals surface area contributed by atoms with Crippen LogP contribution in [-0.4, -0.2) is 17.0 Å². The van der Waals surface area contributed by atoms with Gasteiger partial charge in [0.1, 0.15) is 0 Å². The number of carbonyl (C=O) groups excluding carboxylic acids is 1. The number of aliphatic carboxylic acids is 1. The molecule has 0 radical (unpaired) electrons. The Morgan fingerprint density at radius 2 is 1.95 bits per heavy atom. The number of hydrogen-bond donors (Lipinski definition) is 2. The zero-order valence-electron chi connectivity index (χ0n) is 11.3. The molecule has 2 saturated carbocycles. The molecule has 4 heteroatoms. The van der Waals surface area contributed by atoms with Crippen molar-refractivity contribution in [3.8, 4) is 0 Å². The van der Waals surface area contributed by atoms with E-state index in [1.807, 2.05) is 30.3 Å². The molecule has 0 aromatic heterocycles. The Hall–Kier alpha value is -1.84. The van der Waals surface area contributed by atoms with Crippen LogP contribution in [-0.2, 0) is 9.59 Å². The van der Waals surface area contributed by atoms with Crippen molar-refractivity contribution in [1.82, 2.24) is 5.32 Å². The fourth-order valence-electron chi connectivity index (χ4n) is 2.95. The minimum atomic E-state index is -0.895. The van der Waals surface area contributed by atoms with E-state index >= 15 is 0 Å². The minimum absolute atomic E-state index is 0.0250. The van der Waals surface area contributed by atoms with Crippen LogP contribution in [0.5, 0.6) is 0 Å². The van der Waals surface area contributed by atoms with E-state index < -0.39 is 12.0 Å². The van der Waals surface area contributed by atoms with E-state index in [9.17, 15) is 9.59 Å². The Morgan fingerprint density at radius 1 is 1.25 bits per heavy atom. The summed E-state index contributed by atoms with van der Waals surface area (Å²) in [4.78, 5) is 23.2. The third kappa shape index (κ3) is 3.00. The molecule has 2 N–H and O–H groups in total. The van der Waals surface area contributed by atoms with Gasteiger partial charge in [0, 0.05) is 5.92 Å². The molecule has 1 aromatic rings. The Balaban J connectivity index is 1.64. The van der Waals surface area contributed by atoms with Crippen molar-refractivity contribution >= 4 is 11.9 Å². The molecule has 0 spiro atoms. The lowest BCUT2D eigenvalue weighted by Crippen LogP contribution is -2.31. The van der Waals surface area contributed by atoms with Gasteiger partial charge >= 0.3 is 5.97 Å². The van der Waals surface area contributed by atoms with E-state index in [-0.39, 0.29) is 18.2 Å². The highest BCUT2D eigenvalue weighted by molar-refractivity contribution is 5.82. The maximum Gasteiger partial charge on any atom is 0.305 e. The normalized spacial score (nSPS) is 25.8. The molecule has 3 rings (SSSR count). The lowest BCUT2D eigenvalue weighted by molar-refractivity contribution is -0.137. The molecule has 2 aliphatic rings. The Kier molecular flexibility index (Phi) is 3.47. The van der Waals surface area contributed by atoms with Crippen LogP contribution in [0.1, 0.15) is 37.3 Å². The van der Waals surface area contributed by atoms with E-state index in [1.54, 1.807) is 0 Å². The summed E-state index contributed by atoms with van der Waals surface area (Å²) >= 11 is 0. The van der Waals surface area contributed by atoms with Crippen LogP contribution in [0.3, 0.4) is 0 Å². The molecular formula is C16H19NO3. The standard InChI is InChI=1S/C16H19NO3/c18-15(19)9-14(11-4-2-1-3-5-11)17-16(20)13-8-12(13)10-6-7-10/h1-5,10,12-14H,6-9H2,(H,17,20)(H,18,19). The zero-order valence-corrected chi connectivity index (χ0v) is 11.3. The molecule has 1 aromatic carbocycles. The van der Waals surface area contributed by atoms with Crippen LogP contribution in [0.4, 0.5) is 0 Å². The summed E-state index contributed by atoms with van der Waals surface area (Å²) in [5.74, 6) is 0.546. The van der Waals surface area contributed by atoms with Crippen LogP contribution in [0, 0.1) is 17.8 Å².